The highest BCUT2D eigenvalue weighted by Crippen LogP contribution is 2.34. The molecule has 0 fully saturated rings. The smallest absolute Gasteiger partial charge is 0.230 e. The van der Waals surface area contributed by atoms with Crippen LogP contribution in [0.4, 0.5) is 0 Å². The van der Waals surface area contributed by atoms with Crippen LogP contribution in [0.1, 0.15) is 29.3 Å². The number of nitrogens with one attached hydrogen (secondary N) is 1. The molecule has 2 heterocycles. The van der Waals surface area contributed by atoms with Crippen molar-refractivity contribution in [2.24, 2.45) is 0 Å². The Morgan fingerprint density at radius 2 is 2.00 bits per heavy atom. The third-order valence-electron chi connectivity index (χ3n) is 4.39. The minimum atomic E-state index is 0.0481. The summed E-state index contributed by atoms with van der Waals surface area (Å²) in [5.74, 6) is 0.419. The van der Waals surface area contributed by atoms with Gasteiger partial charge in [-0.2, -0.15) is 0 Å². The molecule has 0 aliphatic carbocycles. The Morgan fingerprint density at radius 1 is 1.23 bits per heavy atom. The van der Waals surface area contributed by atoms with Gasteiger partial charge in [0, 0.05) is 16.3 Å². The summed E-state index contributed by atoms with van der Waals surface area (Å²) < 4.78 is 0. The monoisotopic (exact) mass is 385 g/mol. The van der Waals surface area contributed by atoms with Gasteiger partial charge in [0.1, 0.15) is 16.2 Å². The molecule has 1 atom stereocenters. The first-order chi connectivity index (χ1) is 12.5. The third-order valence-corrected chi connectivity index (χ3v) is 6.49. The van der Waals surface area contributed by atoms with Crippen LogP contribution in [0.2, 0.25) is 0 Å². The maximum absolute atomic E-state index is 12.3. The fourth-order valence-corrected chi connectivity index (χ4v) is 4.74. The van der Waals surface area contributed by atoms with Gasteiger partial charge in [-0.25, -0.2) is 9.97 Å². The molecule has 136 valence electrons. The molecule has 0 aliphatic heterocycles. The maximum atomic E-state index is 12.3. The summed E-state index contributed by atoms with van der Waals surface area (Å²) >= 11 is 3.16. The molecule has 1 amide bonds. The highest BCUT2D eigenvalue weighted by atomic mass is 32.2. The third kappa shape index (κ3) is 4.62. The zero-order valence-electron chi connectivity index (χ0n) is 15.3. The average Bonchev–Trinajstić information content (AvgIpc) is 2.94. The van der Waals surface area contributed by atoms with Crippen LogP contribution in [0.5, 0.6) is 0 Å². The second kappa shape index (κ2) is 8.64. The molecule has 2 aromatic heterocycles. The highest BCUT2D eigenvalue weighted by molar-refractivity contribution is 8.00. The van der Waals surface area contributed by atoms with Gasteiger partial charge in [-0.1, -0.05) is 42.1 Å². The van der Waals surface area contributed by atoms with E-state index >= 15 is 0 Å². The largest absolute Gasteiger partial charge is 0.353 e. The lowest BCUT2D eigenvalue weighted by Crippen LogP contribution is -2.34. The van der Waals surface area contributed by atoms with E-state index in [-0.39, 0.29) is 11.9 Å². The molecule has 0 saturated heterocycles. The number of thiophene rings is 1. The van der Waals surface area contributed by atoms with E-state index in [0.29, 0.717) is 5.75 Å². The van der Waals surface area contributed by atoms with E-state index in [2.05, 4.69) is 48.2 Å². The first kappa shape index (κ1) is 18.9. The van der Waals surface area contributed by atoms with Crippen molar-refractivity contribution < 1.29 is 4.79 Å². The predicted octanol–water partition coefficient (Wildman–Crippen LogP) is 4.54. The van der Waals surface area contributed by atoms with Crippen molar-refractivity contribution in [1.29, 1.82) is 0 Å². The first-order valence-electron chi connectivity index (χ1n) is 8.71. The molecule has 0 saturated carbocycles. The lowest BCUT2D eigenvalue weighted by Gasteiger charge is -2.13. The van der Waals surface area contributed by atoms with E-state index in [1.807, 2.05) is 18.2 Å². The number of hydrogen-bond donors (Lipinski definition) is 1. The topological polar surface area (TPSA) is 54.9 Å². The number of amides is 1. The number of carbonyl (C=O) groups is 1. The van der Waals surface area contributed by atoms with E-state index in [4.69, 9.17) is 0 Å². The second-order valence-corrected chi connectivity index (χ2v) is 8.59. The van der Waals surface area contributed by atoms with Crippen molar-refractivity contribution in [3.05, 3.63) is 52.7 Å². The van der Waals surface area contributed by atoms with Gasteiger partial charge in [-0.15, -0.1) is 11.3 Å². The van der Waals surface area contributed by atoms with Crippen molar-refractivity contribution in [2.75, 3.05) is 5.75 Å². The molecule has 0 bridgehead atoms. The summed E-state index contributed by atoms with van der Waals surface area (Å²) in [5, 5.41) is 5.07. The van der Waals surface area contributed by atoms with Crippen LogP contribution in [-0.4, -0.2) is 27.7 Å². The molecular formula is C20H23N3OS2. The van der Waals surface area contributed by atoms with Crippen LogP contribution in [0.3, 0.4) is 0 Å². The molecule has 1 N–H and O–H groups in total. The first-order valence-corrected chi connectivity index (χ1v) is 10.5. The van der Waals surface area contributed by atoms with Gasteiger partial charge in [0.05, 0.1) is 5.75 Å². The SMILES string of the molecule is Cc1sc2ncnc(SCC(=O)N[C@@H](C)CCc3ccccc3)c2c1C. The van der Waals surface area contributed by atoms with Crippen molar-refractivity contribution in [3.63, 3.8) is 0 Å². The number of aromatic nitrogens is 2. The van der Waals surface area contributed by atoms with Gasteiger partial charge in [0.15, 0.2) is 0 Å². The Labute approximate surface area is 162 Å². The zero-order valence-corrected chi connectivity index (χ0v) is 16.9. The van der Waals surface area contributed by atoms with Crippen LogP contribution < -0.4 is 5.32 Å². The second-order valence-electron chi connectivity index (χ2n) is 6.42. The molecule has 6 heteroatoms. The number of aryl methyl sites for hydroxylation is 3. The van der Waals surface area contributed by atoms with Crippen LogP contribution in [0.25, 0.3) is 10.2 Å². The molecule has 0 unspecified atom stereocenters. The minimum Gasteiger partial charge on any atom is -0.353 e. The van der Waals surface area contributed by atoms with Gasteiger partial charge in [-0.05, 0) is 44.7 Å². The van der Waals surface area contributed by atoms with Crippen molar-refractivity contribution in [1.82, 2.24) is 15.3 Å². The van der Waals surface area contributed by atoms with Crippen molar-refractivity contribution in [3.8, 4) is 0 Å². The quantitative estimate of drug-likeness (QED) is 0.479. The molecule has 3 rings (SSSR count). The Bertz CT molecular complexity index is 893. The van der Waals surface area contributed by atoms with E-state index in [1.54, 1.807) is 17.7 Å². The zero-order chi connectivity index (χ0) is 18.5. The van der Waals surface area contributed by atoms with Crippen molar-refractivity contribution in [2.45, 2.75) is 44.7 Å². The minimum absolute atomic E-state index is 0.0481. The van der Waals surface area contributed by atoms with E-state index in [9.17, 15) is 4.79 Å². The number of rotatable bonds is 7. The van der Waals surface area contributed by atoms with Gasteiger partial charge >= 0.3 is 0 Å². The number of hydrogen-bond acceptors (Lipinski definition) is 5. The van der Waals surface area contributed by atoms with Crippen LogP contribution in [0, 0.1) is 13.8 Å². The number of thioether (sulfide) groups is 1. The number of benzene rings is 1. The lowest BCUT2D eigenvalue weighted by atomic mass is 10.1. The molecule has 3 aromatic rings. The summed E-state index contributed by atoms with van der Waals surface area (Å²) in [6.45, 7) is 6.24. The van der Waals surface area contributed by atoms with Gasteiger partial charge in [0.2, 0.25) is 5.91 Å². The molecule has 26 heavy (non-hydrogen) atoms. The highest BCUT2D eigenvalue weighted by Gasteiger charge is 2.14. The van der Waals surface area contributed by atoms with Crippen LogP contribution in [0.15, 0.2) is 41.7 Å². The molecular weight excluding hydrogens is 362 g/mol. The van der Waals surface area contributed by atoms with Gasteiger partial charge in [-0.3, -0.25) is 4.79 Å². The van der Waals surface area contributed by atoms with E-state index in [1.165, 1.54) is 27.8 Å². The predicted molar refractivity (Wildman–Crippen MR) is 110 cm³/mol. The fraction of sp³-hybridized carbons (Fsp3) is 0.350. The summed E-state index contributed by atoms with van der Waals surface area (Å²) in [6, 6.07) is 10.5. The molecule has 4 nitrogen and oxygen atoms in total. The molecule has 1 aromatic carbocycles. The van der Waals surface area contributed by atoms with Crippen molar-refractivity contribution >= 4 is 39.2 Å². The standard InChI is InChI=1S/C20H23N3OS2/c1-13(9-10-16-7-5-4-6-8-16)23-17(24)11-25-19-18-14(2)15(3)26-20(18)22-12-21-19/h4-8,12-13H,9-11H2,1-3H3,(H,23,24)/t13-/m0/s1. The number of nitrogens with zero attached hydrogens (tertiary/aromatic N) is 2. The summed E-state index contributed by atoms with van der Waals surface area (Å²) in [5.41, 5.74) is 2.51. The molecule has 0 aliphatic rings. The number of fused-ring (bicyclic) bond motifs is 1. The molecule has 0 radical (unpaired) electrons. The van der Waals surface area contributed by atoms with E-state index in [0.717, 1.165) is 28.1 Å². The summed E-state index contributed by atoms with van der Waals surface area (Å²) in [6.07, 6.45) is 3.48. The number of carbonyl (C=O) groups excluding carboxylic acids is 1. The van der Waals surface area contributed by atoms with Gasteiger partial charge < -0.3 is 5.32 Å². The maximum Gasteiger partial charge on any atom is 0.230 e. The average molecular weight is 386 g/mol. The van der Waals surface area contributed by atoms with Crippen LogP contribution >= 0.6 is 23.1 Å². The molecule has 0 spiro atoms. The Morgan fingerprint density at radius 3 is 2.77 bits per heavy atom. The summed E-state index contributed by atoms with van der Waals surface area (Å²) in [4.78, 5) is 23.3. The normalized spacial score (nSPS) is 12.3. The Balaban J connectivity index is 1.53. The van der Waals surface area contributed by atoms with Crippen LogP contribution in [-0.2, 0) is 11.2 Å². The Kier molecular flexibility index (Phi) is 6.27. The van der Waals surface area contributed by atoms with Gasteiger partial charge in [0.25, 0.3) is 0 Å². The lowest BCUT2D eigenvalue weighted by molar-refractivity contribution is -0.119. The Hall–Kier alpha value is -1.92. The fourth-order valence-electron chi connectivity index (χ4n) is 2.81. The summed E-state index contributed by atoms with van der Waals surface area (Å²) in [7, 11) is 0. The van der Waals surface area contributed by atoms with E-state index < -0.39 is 0 Å².